The molecule has 0 aliphatic heterocycles. The molecule has 0 aliphatic carbocycles. The van der Waals surface area contributed by atoms with Crippen LogP contribution in [0, 0.1) is 6.92 Å². The van der Waals surface area contributed by atoms with Crippen LogP contribution in [0.15, 0.2) is 47.0 Å². The summed E-state index contributed by atoms with van der Waals surface area (Å²) in [7, 11) is 0. The Morgan fingerprint density at radius 3 is 2.50 bits per heavy atom. The van der Waals surface area contributed by atoms with Crippen molar-refractivity contribution in [3.8, 4) is 11.5 Å². The summed E-state index contributed by atoms with van der Waals surface area (Å²) in [4.78, 5) is 17.0. The van der Waals surface area contributed by atoms with Gasteiger partial charge in [0, 0.05) is 11.1 Å². The van der Waals surface area contributed by atoms with Gasteiger partial charge in [0.2, 0.25) is 0 Å². The van der Waals surface area contributed by atoms with Crippen LogP contribution in [0.4, 0.5) is 0 Å². The molecule has 4 nitrogen and oxygen atoms in total. The number of carbonyl (C=O) groups is 1. The minimum atomic E-state index is 0.0136. The predicted molar refractivity (Wildman–Crippen MR) is 102 cm³/mol. The molecule has 0 radical (unpaired) electrons. The van der Waals surface area contributed by atoms with Crippen molar-refractivity contribution < 1.29 is 9.32 Å². The molecule has 0 aliphatic rings. The van der Waals surface area contributed by atoms with E-state index in [2.05, 4.69) is 30.1 Å². The van der Waals surface area contributed by atoms with Crippen molar-refractivity contribution in [1.29, 1.82) is 0 Å². The first-order valence-electron chi connectivity index (χ1n) is 9.14. The Labute approximate surface area is 154 Å². The average molecular weight is 348 g/mol. The van der Waals surface area contributed by atoms with Crippen molar-refractivity contribution in [3.63, 3.8) is 0 Å². The highest BCUT2D eigenvalue weighted by Crippen LogP contribution is 2.19. The van der Waals surface area contributed by atoms with Gasteiger partial charge in [0.05, 0.1) is 6.42 Å². The number of carbonyl (C=O) groups excluding carboxylic acids is 1. The van der Waals surface area contributed by atoms with Crippen LogP contribution in [0.2, 0.25) is 0 Å². The molecule has 0 saturated carbocycles. The molecule has 0 saturated heterocycles. The molecular weight excluding hydrogens is 324 g/mol. The minimum Gasteiger partial charge on any atom is -0.334 e. The van der Waals surface area contributed by atoms with Gasteiger partial charge in [0.1, 0.15) is 0 Å². The molecule has 0 N–H and O–H groups in total. The summed E-state index contributed by atoms with van der Waals surface area (Å²) in [6, 6.07) is 14.1. The quantitative estimate of drug-likeness (QED) is 0.565. The number of aryl methyl sites for hydroxylation is 3. The third kappa shape index (κ3) is 4.26. The van der Waals surface area contributed by atoms with Gasteiger partial charge in [0.25, 0.3) is 5.89 Å². The molecule has 1 heterocycles. The van der Waals surface area contributed by atoms with Crippen molar-refractivity contribution in [3.05, 3.63) is 70.5 Å². The second-order valence-electron chi connectivity index (χ2n) is 6.62. The first kappa shape index (κ1) is 18.1. The van der Waals surface area contributed by atoms with E-state index in [1.54, 1.807) is 0 Å². The van der Waals surface area contributed by atoms with Gasteiger partial charge in [-0.1, -0.05) is 49.2 Å². The van der Waals surface area contributed by atoms with Crippen LogP contribution in [0.3, 0.4) is 0 Å². The average Bonchev–Trinajstić information content (AvgIpc) is 3.10. The third-order valence-electron chi connectivity index (χ3n) is 4.39. The summed E-state index contributed by atoms with van der Waals surface area (Å²) >= 11 is 0. The van der Waals surface area contributed by atoms with Gasteiger partial charge < -0.3 is 4.52 Å². The zero-order valence-corrected chi connectivity index (χ0v) is 15.6. The van der Waals surface area contributed by atoms with E-state index in [-0.39, 0.29) is 12.2 Å². The number of aromatic nitrogens is 2. The molecular formula is C22H24N2O2. The molecule has 0 fully saturated rings. The second-order valence-corrected chi connectivity index (χ2v) is 6.62. The number of Topliss-reactive ketones (excluding diaryl/α,β-unsaturated/α-hetero) is 1. The summed E-state index contributed by atoms with van der Waals surface area (Å²) in [5.74, 6) is 0.884. The van der Waals surface area contributed by atoms with Gasteiger partial charge >= 0.3 is 0 Å². The molecule has 0 amide bonds. The van der Waals surface area contributed by atoms with E-state index < -0.39 is 0 Å². The van der Waals surface area contributed by atoms with E-state index in [1.807, 2.05) is 43.3 Å². The highest BCUT2D eigenvalue weighted by molar-refractivity contribution is 5.97. The maximum atomic E-state index is 12.6. The lowest BCUT2D eigenvalue weighted by molar-refractivity contribution is 0.0989. The molecule has 26 heavy (non-hydrogen) atoms. The first-order chi connectivity index (χ1) is 12.6. The molecule has 1 aromatic heterocycles. The summed E-state index contributed by atoms with van der Waals surface area (Å²) in [5.41, 5.74) is 5.14. The van der Waals surface area contributed by atoms with Crippen LogP contribution >= 0.6 is 0 Å². The van der Waals surface area contributed by atoms with Crippen LogP contribution < -0.4 is 0 Å². The molecule has 3 aromatic rings. The highest BCUT2D eigenvalue weighted by atomic mass is 16.5. The summed E-state index contributed by atoms with van der Waals surface area (Å²) in [6.07, 6.45) is 3.16. The third-order valence-corrected chi connectivity index (χ3v) is 4.39. The first-order valence-corrected chi connectivity index (χ1v) is 9.14. The standard InChI is InChI=1S/C22H24N2O2/c1-4-6-17-11-15(3)12-19(13-17)20(25)14-21-23-22(26-24-21)18-9-7-16(5-2)8-10-18/h7-13H,4-6,14H2,1-3H3. The smallest absolute Gasteiger partial charge is 0.257 e. The molecule has 4 heteroatoms. The van der Waals surface area contributed by atoms with Crippen LogP contribution in [0.5, 0.6) is 0 Å². The second kappa shape index (κ2) is 8.09. The molecule has 134 valence electrons. The largest absolute Gasteiger partial charge is 0.334 e. The predicted octanol–water partition coefficient (Wildman–Crippen LogP) is 4.99. The number of ketones is 1. The fraction of sp³-hybridized carbons (Fsp3) is 0.318. The van der Waals surface area contributed by atoms with Gasteiger partial charge in [0.15, 0.2) is 11.6 Å². The Kier molecular flexibility index (Phi) is 5.61. The van der Waals surface area contributed by atoms with E-state index >= 15 is 0 Å². The molecule has 0 atom stereocenters. The van der Waals surface area contributed by atoms with Crippen LogP contribution in [-0.2, 0) is 19.3 Å². The lowest BCUT2D eigenvalue weighted by atomic mass is 9.99. The summed E-state index contributed by atoms with van der Waals surface area (Å²) in [6.45, 7) is 6.27. The Bertz CT molecular complexity index is 895. The maximum Gasteiger partial charge on any atom is 0.257 e. The number of rotatable bonds is 7. The topological polar surface area (TPSA) is 56.0 Å². The zero-order chi connectivity index (χ0) is 18.5. The summed E-state index contributed by atoms with van der Waals surface area (Å²) in [5, 5.41) is 3.97. The number of benzene rings is 2. The molecule has 2 aromatic carbocycles. The van der Waals surface area contributed by atoms with Crippen LogP contribution in [0.25, 0.3) is 11.5 Å². The normalized spacial score (nSPS) is 10.9. The van der Waals surface area contributed by atoms with Crippen molar-refractivity contribution in [2.75, 3.05) is 0 Å². The van der Waals surface area contributed by atoms with Gasteiger partial charge in [-0.15, -0.1) is 0 Å². The van der Waals surface area contributed by atoms with Gasteiger partial charge in [-0.05, 0) is 55.2 Å². The van der Waals surface area contributed by atoms with Gasteiger partial charge in [-0.2, -0.15) is 4.98 Å². The fourth-order valence-corrected chi connectivity index (χ4v) is 3.03. The van der Waals surface area contributed by atoms with E-state index in [1.165, 1.54) is 11.1 Å². The fourth-order valence-electron chi connectivity index (χ4n) is 3.03. The number of nitrogens with zero attached hydrogens (tertiary/aromatic N) is 2. The van der Waals surface area contributed by atoms with Crippen molar-refractivity contribution in [2.24, 2.45) is 0 Å². The molecule has 0 spiro atoms. The van der Waals surface area contributed by atoms with Crippen molar-refractivity contribution >= 4 is 5.78 Å². The number of hydrogen-bond acceptors (Lipinski definition) is 4. The number of hydrogen-bond donors (Lipinski definition) is 0. The van der Waals surface area contributed by atoms with Crippen molar-refractivity contribution in [1.82, 2.24) is 10.1 Å². The van der Waals surface area contributed by atoms with E-state index in [0.29, 0.717) is 17.3 Å². The van der Waals surface area contributed by atoms with E-state index in [0.717, 1.165) is 30.4 Å². The Hall–Kier alpha value is -2.75. The molecule has 3 rings (SSSR count). The van der Waals surface area contributed by atoms with Crippen LogP contribution in [0.1, 0.15) is 53.1 Å². The SMILES string of the molecule is CCCc1cc(C)cc(C(=O)Cc2noc(-c3ccc(CC)cc3)n2)c1. The van der Waals surface area contributed by atoms with Crippen molar-refractivity contribution in [2.45, 2.75) is 46.5 Å². The van der Waals surface area contributed by atoms with Gasteiger partial charge in [-0.25, -0.2) is 0 Å². The Balaban J connectivity index is 1.75. The lowest BCUT2D eigenvalue weighted by Gasteiger charge is -2.05. The van der Waals surface area contributed by atoms with E-state index in [4.69, 9.17) is 4.52 Å². The highest BCUT2D eigenvalue weighted by Gasteiger charge is 2.15. The Morgan fingerprint density at radius 2 is 1.81 bits per heavy atom. The monoisotopic (exact) mass is 348 g/mol. The Morgan fingerprint density at radius 1 is 1.04 bits per heavy atom. The lowest BCUT2D eigenvalue weighted by Crippen LogP contribution is -2.06. The molecule has 0 bridgehead atoms. The summed E-state index contributed by atoms with van der Waals surface area (Å²) < 4.78 is 5.33. The zero-order valence-electron chi connectivity index (χ0n) is 15.6. The minimum absolute atomic E-state index is 0.0136. The van der Waals surface area contributed by atoms with E-state index in [9.17, 15) is 4.79 Å². The van der Waals surface area contributed by atoms with Crippen LogP contribution in [-0.4, -0.2) is 15.9 Å². The van der Waals surface area contributed by atoms with Gasteiger partial charge in [-0.3, -0.25) is 4.79 Å². The maximum absolute atomic E-state index is 12.6. The molecule has 0 unspecified atom stereocenters.